The van der Waals surface area contributed by atoms with E-state index in [1.165, 1.54) is 0 Å². The first kappa shape index (κ1) is 19.8. The fourth-order valence-electron chi connectivity index (χ4n) is 2.51. The Hall–Kier alpha value is -0.160. The van der Waals surface area contributed by atoms with Crippen molar-refractivity contribution >= 4 is 0 Å². The Morgan fingerprint density at radius 2 is 1.10 bits per heavy atom. The minimum absolute atomic E-state index is 0.0183. The van der Waals surface area contributed by atoms with Gasteiger partial charge < -0.3 is 5.32 Å². The van der Waals surface area contributed by atoms with Crippen molar-refractivity contribution in [3.8, 4) is 0 Å². The van der Waals surface area contributed by atoms with E-state index in [0.717, 1.165) is 6.42 Å². The van der Waals surface area contributed by atoms with Crippen LogP contribution in [0.4, 0.5) is 0 Å². The maximum Gasteiger partial charge on any atom is 0.137 e. The first-order valence-electron chi connectivity index (χ1n) is 7.73. The molecule has 5 N–H and O–H groups in total. The second-order valence-corrected chi connectivity index (χ2v) is 8.97. The van der Waals surface area contributed by atoms with Crippen molar-refractivity contribution in [1.29, 1.82) is 0 Å². The molecule has 0 fully saturated rings. The Morgan fingerprint density at radius 3 is 1.30 bits per heavy atom. The van der Waals surface area contributed by atoms with Gasteiger partial charge in [-0.25, -0.2) is 0 Å². The van der Waals surface area contributed by atoms with Gasteiger partial charge in [-0.1, -0.05) is 6.92 Å². The third-order valence-electron chi connectivity index (χ3n) is 2.73. The smallest absolute Gasteiger partial charge is 0.137 e. The van der Waals surface area contributed by atoms with Gasteiger partial charge in [0.1, 0.15) is 5.79 Å². The van der Waals surface area contributed by atoms with E-state index < -0.39 is 5.79 Å². The molecule has 4 heteroatoms. The fraction of sp³-hybridized carbons (Fsp3) is 1.00. The number of nitrogens with two attached hydrogens (primary N) is 1. The summed E-state index contributed by atoms with van der Waals surface area (Å²) >= 11 is 0. The lowest BCUT2D eigenvalue weighted by Gasteiger charge is -2.48. The SMILES string of the molecule is CCC(NC(C)(C)C)C(N)(NC(C)(C)C)NC(C)(C)C. The molecule has 0 saturated heterocycles. The Bertz CT molecular complexity index is 275. The molecule has 0 aromatic heterocycles. The van der Waals surface area contributed by atoms with E-state index in [9.17, 15) is 0 Å². The number of hydrogen-bond acceptors (Lipinski definition) is 4. The van der Waals surface area contributed by atoms with Crippen LogP contribution in [-0.4, -0.2) is 28.4 Å². The van der Waals surface area contributed by atoms with E-state index in [2.05, 4.69) is 85.2 Å². The minimum Gasteiger partial charge on any atom is -0.305 e. The van der Waals surface area contributed by atoms with Crippen molar-refractivity contribution in [2.75, 3.05) is 0 Å². The third-order valence-corrected chi connectivity index (χ3v) is 2.73. The van der Waals surface area contributed by atoms with Crippen LogP contribution in [0.2, 0.25) is 0 Å². The molecule has 1 atom stereocenters. The van der Waals surface area contributed by atoms with E-state index in [-0.39, 0.29) is 22.7 Å². The molecular formula is C16H38N4. The van der Waals surface area contributed by atoms with Gasteiger partial charge in [0.25, 0.3) is 0 Å². The molecule has 0 spiro atoms. The van der Waals surface area contributed by atoms with Gasteiger partial charge in [0.2, 0.25) is 0 Å². The lowest BCUT2D eigenvalue weighted by atomic mass is 9.95. The van der Waals surface area contributed by atoms with Crippen LogP contribution in [0, 0.1) is 0 Å². The average molecular weight is 287 g/mol. The quantitative estimate of drug-likeness (QED) is 0.587. The Kier molecular flexibility index (Phi) is 6.25. The van der Waals surface area contributed by atoms with Crippen LogP contribution in [0.15, 0.2) is 0 Å². The maximum atomic E-state index is 6.75. The minimum atomic E-state index is -0.668. The van der Waals surface area contributed by atoms with Crippen LogP contribution < -0.4 is 21.7 Å². The summed E-state index contributed by atoms with van der Waals surface area (Å²) in [5, 5.41) is 10.8. The lowest BCUT2D eigenvalue weighted by Crippen LogP contribution is -2.80. The van der Waals surface area contributed by atoms with Crippen LogP contribution in [0.25, 0.3) is 0 Å². The summed E-state index contributed by atoms with van der Waals surface area (Å²) in [7, 11) is 0. The van der Waals surface area contributed by atoms with E-state index in [1.54, 1.807) is 0 Å². The zero-order valence-electron chi connectivity index (χ0n) is 15.4. The molecule has 0 aliphatic carbocycles. The van der Waals surface area contributed by atoms with Crippen molar-refractivity contribution in [3.05, 3.63) is 0 Å². The predicted molar refractivity (Wildman–Crippen MR) is 89.7 cm³/mol. The summed E-state index contributed by atoms with van der Waals surface area (Å²) in [6, 6.07) is 0.126. The van der Waals surface area contributed by atoms with Crippen LogP contribution >= 0.6 is 0 Å². The zero-order chi connectivity index (χ0) is 16.4. The van der Waals surface area contributed by atoms with Gasteiger partial charge in [0.05, 0.1) is 6.04 Å². The highest BCUT2D eigenvalue weighted by Gasteiger charge is 2.40. The van der Waals surface area contributed by atoms with Crippen LogP contribution in [0.5, 0.6) is 0 Å². The zero-order valence-corrected chi connectivity index (χ0v) is 15.4. The highest BCUT2D eigenvalue weighted by molar-refractivity contribution is 5.00. The summed E-state index contributed by atoms with van der Waals surface area (Å²) in [5.41, 5.74) is 6.63. The molecule has 0 radical (unpaired) electrons. The summed E-state index contributed by atoms with van der Waals surface area (Å²) in [6.07, 6.45) is 0.944. The summed E-state index contributed by atoms with van der Waals surface area (Å²) < 4.78 is 0. The average Bonchev–Trinajstić information content (AvgIpc) is 2.05. The molecule has 0 saturated carbocycles. The molecule has 122 valence electrons. The van der Waals surface area contributed by atoms with Gasteiger partial charge in [0.15, 0.2) is 0 Å². The molecule has 0 heterocycles. The second-order valence-electron chi connectivity index (χ2n) is 8.97. The lowest BCUT2D eigenvalue weighted by molar-refractivity contribution is 0.0937. The van der Waals surface area contributed by atoms with Crippen molar-refractivity contribution < 1.29 is 0 Å². The van der Waals surface area contributed by atoms with Gasteiger partial charge in [-0.15, -0.1) is 0 Å². The Labute approximate surface area is 126 Å². The molecule has 0 aromatic carbocycles. The van der Waals surface area contributed by atoms with Crippen LogP contribution in [0.3, 0.4) is 0 Å². The van der Waals surface area contributed by atoms with Crippen molar-refractivity contribution in [3.63, 3.8) is 0 Å². The highest BCUT2D eigenvalue weighted by atomic mass is 15.4. The first-order valence-corrected chi connectivity index (χ1v) is 7.73. The third kappa shape index (κ3) is 8.20. The molecule has 0 bridgehead atoms. The second kappa shape index (κ2) is 6.30. The molecule has 0 aliphatic heterocycles. The summed E-state index contributed by atoms with van der Waals surface area (Å²) in [6.45, 7) is 21.5. The van der Waals surface area contributed by atoms with Crippen molar-refractivity contribution in [2.45, 2.75) is 104 Å². The topological polar surface area (TPSA) is 62.1 Å². The van der Waals surface area contributed by atoms with E-state index in [4.69, 9.17) is 5.73 Å². The molecule has 4 nitrogen and oxygen atoms in total. The van der Waals surface area contributed by atoms with E-state index in [0.29, 0.717) is 0 Å². The standard InChI is InChI=1S/C16H38N4/c1-11-12(18-13(2,3)4)16(17,19-14(5,6)7)20-15(8,9)10/h12,18-20H,11,17H2,1-10H3. The Morgan fingerprint density at radius 1 is 0.750 bits per heavy atom. The predicted octanol–water partition coefficient (Wildman–Crippen LogP) is 2.54. The monoisotopic (exact) mass is 286 g/mol. The largest absolute Gasteiger partial charge is 0.305 e. The highest BCUT2D eigenvalue weighted by Crippen LogP contribution is 2.17. The molecule has 0 aromatic rings. The normalized spacial score (nSPS) is 16.4. The molecular weight excluding hydrogens is 248 g/mol. The number of hydrogen-bond donors (Lipinski definition) is 4. The van der Waals surface area contributed by atoms with Gasteiger partial charge >= 0.3 is 0 Å². The summed E-state index contributed by atoms with van der Waals surface area (Å²) in [4.78, 5) is 0. The molecule has 0 aliphatic rings. The van der Waals surface area contributed by atoms with Gasteiger partial charge in [-0.3, -0.25) is 16.4 Å². The van der Waals surface area contributed by atoms with Gasteiger partial charge in [-0.2, -0.15) is 0 Å². The van der Waals surface area contributed by atoms with Crippen molar-refractivity contribution in [2.24, 2.45) is 5.73 Å². The molecule has 0 rings (SSSR count). The van der Waals surface area contributed by atoms with Crippen LogP contribution in [0.1, 0.15) is 75.7 Å². The number of nitrogens with one attached hydrogen (secondary N) is 3. The Balaban J connectivity index is 5.36. The van der Waals surface area contributed by atoms with Gasteiger partial charge in [-0.05, 0) is 68.7 Å². The van der Waals surface area contributed by atoms with E-state index in [1.807, 2.05) is 0 Å². The van der Waals surface area contributed by atoms with Crippen molar-refractivity contribution in [1.82, 2.24) is 16.0 Å². The number of rotatable bonds is 5. The maximum absolute atomic E-state index is 6.75. The molecule has 0 amide bonds. The van der Waals surface area contributed by atoms with E-state index >= 15 is 0 Å². The fourth-order valence-corrected chi connectivity index (χ4v) is 2.51. The summed E-state index contributed by atoms with van der Waals surface area (Å²) in [5.74, 6) is -0.668. The van der Waals surface area contributed by atoms with Crippen LogP contribution in [-0.2, 0) is 0 Å². The first-order chi connectivity index (χ1) is 8.58. The molecule has 1 unspecified atom stereocenters. The van der Waals surface area contributed by atoms with Gasteiger partial charge in [0, 0.05) is 16.6 Å². The molecule has 20 heavy (non-hydrogen) atoms.